The fraction of sp³-hybridized carbons (Fsp3) is 0.300. The van der Waals surface area contributed by atoms with Crippen molar-refractivity contribution in [2.75, 3.05) is 0 Å². The smallest absolute Gasteiger partial charge is 0.207 e. The summed E-state index contributed by atoms with van der Waals surface area (Å²) in [6.45, 7) is 1.68. The minimum atomic E-state index is -4.38. The number of nitrogens with zero attached hydrogens (tertiary/aromatic N) is 1. The third-order valence-electron chi connectivity index (χ3n) is 2.25. The molecule has 1 aromatic rings. The first-order valence-electron chi connectivity index (χ1n) is 4.61. The van der Waals surface area contributed by atoms with E-state index in [1.54, 1.807) is 13.0 Å². The molecule has 0 fully saturated rings. The molecule has 7 heteroatoms. The van der Waals surface area contributed by atoms with Crippen molar-refractivity contribution in [3.8, 4) is 6.07 Å². The van der Waals surface area contributed by atoms with Crippen molar-refractivity contribution >= 4 is 19.7 Å². The van der Waals surface area contributed by atoms with E-state index in [1.807, 2.05) is 0 Å². The van der Waals surface area contributed by atoms with Crippen LogP contribution in [0.3, 0.4) is 0 Å². The number of benzene rings is 1. The van der Waals surface area contributed by atoms with Crippen LogP contribution in [0.4, 0.5) is 8.78 Å². The summed E-state index contributed by atoms with van der Waals surface area (Å²) < 4.78 is 47.9. The quantitative estimate of drug-likeness (QED) is 0.799. The Balaban J connectivity index is 3.77. The SMILES string of the molecule is CCc1ccc(C(F)F)c(S(=O)(=O)Cl)c1C#N. The van der Waals surface area contributed by atoms with Gasteiger partial charge in [-0.25, -0.2) is 17.2 Å². The van der Waals surface area contributed by atoms with Crippen molar-refractivity contribution in [2.45, 2.75) is 24.7 Å². The summed E-state index contributed by atoms with van der Waals surface area (Å²) in [5.74, 6) is 0. The van der Waals surface area contributed by atoms with E-state index in [0.29, 0.717) is 12.0 Å². The van der Waals surface area contributed by atoms with E-state index in [0.717, 1.165) is 6.07 Å². The molecule has 92 valence electrons. The van der Waals surface area contributed by atoms with Gasteiger partial charge < -0.3 is 0 Å². The molecule has 3 nitrogen and oxygen atoms in total. The number of hydrogen-bond donors (Lipinski definition) is 0. The highest BCUT2D eigenvalue weighted by Crippen LogP contribution is 2.33. The van der Waals surface area contributed by atoms with Gasteiger partial charge in [-0.3, -0.25) is 0 Å². The Morgan fingerprint density at radius 3 is 2.41 bits per heavy atom. The normalized spacial score (nSPS) is 11.5. The van der Waals surface area contributed by atoms with E-state index in [1.165, 1.54) is 6.07 Å². The zero-order valence-electron chi connectivity index (χ0n) is 8.75. The Kier molecular flexibility index (Phi) is 4.07. The zero-order chi connectivity index (χ0) is 13.2. The number of aryl methyl sites for hydroxylation is 1. The molecule has 0 saturated heterocycles. The van der Waals surface area contributed by atoms with Gasteiger partial charge in [-0.15, -0.1) is 0 Å². The number of nitriles is 1. The van der Waals surface area contributed by atoms with Crippen molar-refractivity contribution in [1.29, 1.82) is 5.26 Å². The first-order chi connectivity index (χ1) is 7.82. The molecule has 0 radical (unpaired) electrons. The van der Waals surface area contributed by atoms with Crippen molar-refractivity contribution < 1.29 is 17.2 Å². The average Bonchev–Trinajstić information content (AvgIpc) is 2.25. The molecular formula is C10H8ClF2NO2S. The lowest BCUT2D eigenvalue weighted by Gasteiger charge is -2.10. The monoisotopic (exact) mass is 279 g/mol. The van der Waals surface area contributed by atoms with Gasteiger partial charge in [0.2, 0.25) is 0 Å². The number of alkyl halides is 2. The Hall–Kier alpha value is -1.19. The summed E-state index contributed by atoms with van der Waals surface area (Å²) in [5.41, 5.74) is -0.676. The molecule has 0 amide bonds. The molecule has 1 aromatic carbocycles. The standard InChI is InChI=1S/C10H8ClF2NO2S/c1-2-6-3-4-7(10(12)13)9(8(6)5-14)17(11,15)16/h3-4,10H,2H2,1H3. The lowest BCUT2D eigenvalue weighted by molar-refractivity contribution is 0.148. The second kappa shape index (κ2) is 4.98. The molecule has 0 spiro atoms. The molecular weight excluding hydrogens is 272 g/mol. The van der Waals surface area contributed by atoms with Crippen molar-refractivity contribution in [1.82, 2.24) is 0 Å². The van der Waals surface area contributed by atoms with Gasteiger partial charge in [0, 0.05) is 16.2 Å². The van der Waals surface area contributed by atoms with Crippen LogP contribution >= 0.6 is 10.7 Å². The van der Waals surface area contributed by atoms with Gasteiger partial charge in [-0.05, 0) is 12.0 Å². The lowest BCUT2D eigenvalue weighted by Crippen LogP contribution is -2.05. The molecule has 17 heavy (non-hydrogen) atoms. The van der Waals surface area contributed by atoms with E-state index >= 15 is 0 Å². The van der Waals surface area contributed by atoms with Gasteiger partial charge in [0.25, 0.3) is 15.5 Å². The highest BCUT2D eigenvalue weighted by atomic mass is 35.7. The van der Waals surface area contributed by atoms with Gasteiger partial charge in [-0.2, -0.15) is 5.26 Å². The third kappa shape index (κ3) is 2.73. The molecule has 0 aliphatic heterocycles. The Morgan fingerprint density at radius 2 is 2.06 bits per heavy atom. The van der Waals surface area contributed by atoms with E-state index in [2.05, 4.69) is 0 Å². The molecule has 0 heterocycles. The Bertz CT molecular complexity index is 579. The molecule has 0 aromatic heterocycles. The molecule has 0 saturated carbocycles. The fourth-order valence-electron chi connectivity index (χ4n) is 1.49. The van der Waals surface area contributed by atoms with E-state index in [9.17, 15) is 17.2 Å². The highest BCUT2D eigenvalue weighted by Gasteiger charge is 2.27. The van der Waals surface area contributed by atoms with E-state index in [4.69, 9.17) is 15.9 Å². The Morgan fingerprint density at radius 1 is 1.47 bits per heavy atom. The summed E-state index contributed by atoms with van der Waals surface area (Å²) in [4.78, 5) is -0.781. The van der Waals surface area contributed by atoms with Gasteiger partial charge in [0.05, 0.1) is 5.56 Å². The summed E-state index contributed by atoms with van der Waals surface area (Å²) in [5, 5.41) is 8.88. The zero-order valence-corrected chi connectivity index (χ0v) is 10.3. The van der Waals surface area contributed by atoms with Crippen LogP contribution in [0.2, 0.25) is 0 Å². The second-order valence-electron chi connectivity index (χ2n) is 3.22. The maximum Gasteiger partial charge on any atom is 0.265 e. The van der Waals surface area contributed by atoms with Gasteiger partial charge in [0.1, 0.15) is 11.0 Å². The average molecular weight is 280 g/mol. The van der Waals surface area contributed by atoms with Crippen LogP contribution in [0.5, 0.6) is 0 Å². The molecule has 0 aliphatic rings. The van der Waals surface area contributed by atoms with Crippen LogP contribution in [0, 0.1) is 11.3 Å². The number of hydrogen-bond acceptors (Lipinski definition) is 3. The topological polar surface area (TPSA) is 57.9 Å². The summed E-state index contributed by atoms with van der Waals surface area (Å²) in [6.07, 6.45) is -2.65. The molecule has 0 bridgehead atoms. The maximum absolute atomic E-state index is 12.7. The minimum Gasteiger partial charge on any atom is -0.207 e. The fourth-order valence-corrected chi connectivity index (χ4v) is 2.85. The van der Waals surface area contributed by atoms with Crippen molar-refractivity contribution in [2.24, 2.45) is 0 Å². The van der Waals surface area contributed by atoms with Gasteiger partial charge in [0.15, 0.2) is 0 Å². The second-order valence-corrected chi connectivity index (χ2v) is 5.72. The van der Waals surface area contributed by atoms with Gasteiger partial charge in [-0.1, -0.05) is 19.1 Å². The molecule has 0 unspecified atom stereocenters. The van der Waals surface area contributed by atoms with Crippen LogP contribution < -0.4 is 0 Å². The number of halogens is 3. The maximum atomic E-state index is 12.7. The highest BCUT2D eigenvalue weighted by molar-refractivity contribution is 8.13. The molecule has 0 aliphatic carbocycles. The van der Waals surface area contributed by atoms with Gasteiger partial charge >= 0.3 is 0 Å². The van der Waals surface area contributed by atoms with E-state index < -0.39 is 25.9 Å². The lowest BCUT2D eigenvalue weighted by atomic mass is 10.0. The largest absolute Gasteiger partial charge is 0.265 e. The summed E-state index contributed by atoms with van der Waals surface area (Å²) >= 11 is 0. The first kappa shape index (κ1) is 13.9. The predicted octanol–water partition coefficient (Wildman–Crippen LogP) is 2.99. The Labute approximate surface area is 102 Å². The predicted molar refractivity (Wildman–Crippen MR) is 58.5 cm³/mol. The molecule has 0 N–H and O–H groups in total. The molecule has 1 rings (SSSR count). The van der Waals surface area contributed by atoms with Crippen molar-refractivity contribution in [3.63, 3.8) is 0 Å². The molecule has 0 atom stereocenters. The van der Waals surface area contributed by atoms with Crippen LogP contribution in [-0.4, -0.2) is 8.42 Å². The van der Waals surface area contributed by atoms with Crippen molar-refractivity contribution in [3.05, 3.63) is 28.8 Å². The minimum absolute atomic E-state index is 0.305. The summed E-state index contributed by atoms with van der Waals surface area (Å²) in [6, 6.07) is 3.92. The number of rotatable bonds is 3. The van der Waals surface area contributed by atoms with Crippen LogP contribution in [0.25, 0.3) is 0 Å². The van der Waals surface area contributed by atoms with E-state index in [-0.39, 0.29) is 5.56 Å². The van der Waals surface area contributed by atoms with Crippen LogP contribution in [0.1, 0.15) is 30.0 Å². The summed E-state index contributed by atoms with van der Waals surface area (Å²) in [7, 11) is 0.724. The van der Waals surface area contributed by atoms with Crippen LogP contribution in [-0.2, 0) is 15.5 Å². The third-order valence-corrected chi connectivity index (χ3v) is 3.64. The first-order valence-corrected chi connectivity index (χ1v) is 6.92. The van der Waals surface area contributed by atoms with Crippen LogP contribution in [0.15, 0.2) is 17.0 Å².